The molecular weight excluding hydrogens is 166 g/mol. The molecule has 0 aliphatic rings. The average Bonchev–Trinajstić information content (AvgIpc) is 2.05. The second kappa shape index (κ2) is 6.35. The molecule has 0 aliphatic heterocycles. The third-order valence-corrected chi connectivity index (χ3v) is 1.98. The molecule has 0 spiro atoms. The highest BCUT2D eigenvalue weighted by Crippen LogP contribution is 2.22. The number of hydrogen-bond donors (Lipinski definition) is 1. The highest BCUT2D eigenvalue weighted by atomic mass is 16.7. The van der Waals surface area contributed by atoms with Crippen LogP contribution in [0.1, 0.15) is 34.1 Å². The van der Waals surface area contributed by atoms with Crippen molar-refractivity contribution in [2.45, 2.75) is 40.4 Å². The minimum Gasteiger partial charge on any atom is -0.353 e. The Morgan fingerprint density at radius 1 is 1.15 bits per heavy atom. The fourth-order valence-electron chi connectivity index (χ4n) is 1.07. The Balaban J connectivity index is 3.92. The van der Waals surface area contributed by atoms with Gasteiger partial charge in [0, 0.05) is 19.6 Å². The van der Waals surface area contributed by atoms with Gasteiger partial charge in [0.25, 0.3) is 0 Å². The molecule has 3 nitrogen and oxygen atoms in total. The summed E-state index contributed by atoms with van der Waals surface area (Å²) in [6.07, 6.45) is 0.749. The van der Waals surface area contributed by atoms with Gasteiger partial charge >= 0.3 is 0 Å². The summed E-state index contributed by atoms with van der Waals surface area (Å²) < 4.78 is 10.9. The Bertz CT molecular complexity index is 120. The van der Waals surface area contributed by atoms with E-state index < -0.39 is 0 Å². The molecule has 0 aliphatic carbocycles. The summed E-state index contributed by atoms with van der Waals surface area (Å²) in [4.78, 5) is 0. The highest BCUT2D eigenvalue weighted by molar-refractivity contribution is 4.70. The molecule has 0 amide bonds. The Morgan fingerprint density at radius 3 is 1.92 bits per heavy atom. The van der Waals surface area contributed by atoms with Crippen LogP contribution in [-0.4, -0.2) is 26.0 Å². The third kappa shape index (κ3) is 6.02. The van der Waals surface area contributed by atoms with Crippen molar-refractivity contribution in [1.29, 1.82) is 0 Å². The minimum absolute atomic E-state index is 0.0923. The maximum atomic E-state index is 5.64. The topological polar surface area (TPSA) is 44.5 Å². The van der Waals surface area contributed by atoms with E-state index in [1.807, 2.05) is 13.8 Å². The summed E-state index contributed by atoms with van der Waals surface area (Å²) >= 11 is 0. The van der Waals surface area contributed by atoms with Crippen molar-refractivity contribution >= 4 is 0 Å². The zero-order valence-corrected chi connectivity index (χ0v) is 9.30. The van der Waals surface area contributed by atoms with Gasteiger partial charge in [-0.05, 0) is 25.8 Å². The van der Waals surface area contributed by atoms with Gasteiger partial charge in [-0.25, -0.2) is 0 Å². The van der Waals surface area contributed by atoms with Crippen molar-refractivity contribution in [2.75, 3.05) is 19.8 Å². The Morgan fingerprint density at radius 2 is 1.62 bits per heavy atom. The molecule has 0 aromatic rings. The summed E-state index contributed by atoms with van der Waals surface area (Å²) in [5, 5.41) is 0. The van der Waals surface area contributed by atoms with E-state index in [2.05, 4.69) is 13.8 Å². The standard InChI is InChI=1S/C10H23NO2/c1-5-12-9(13-6-2)7-10(3,4)8-11/h9H,5-8,11H2,1-4H3. The van der Waals surface area contributed by atoms with Crippen molar-refractivity contribution < 1.29 is 9.47 Å². The molecule has 0 radical (unpaired) electrons. The quantitative estimate of drug-likeness (QED) is 0.621. The lowest BCUT2D eigenvalue weighted by Crippen LogP contribution is -2.31. The molecule has 0 unspecified atom stereocenters. The molecule has 0 heterocycles. The van der Waals surface area contributed by atoms with E-state index in [0.717, 1.165) is 6.42 Å². The summed E-state index contributed by atoms with van der Waals surface area (Å²) in [6.45, 7) is 10.2. The maximum absolute atomic E-state index is 5.64. The predicted molar refractivity (Wildman–Crippen MR) is 54.5 cm³/mol. The van der Waals surface area contributed by atoms with Crippen LogP contribution in [0.5, 0.6) is 0 Å². The van der Waals surface area contributed by atoms with Crippen molar-refractivity contribution in [2.24, 2.45) is 11.1 Å². The van der Waals surface area contributed by atoms with E-state index in [0.29, 0.717) is 19.8 Å². The molecule has 0 saturated heterocycles. The fourth-order valence-corrected chi connectivity index (χ4v) is 1.07. The van der Waals surface area contributed by atoms with Crippen LogP contribution in [0.25, 0.3) is 0 Å². The van der Waals surface area contributed by atoms with Crippen molar-refractivity contribution in [3.63, 3.8) is 0 Å². The normalized spacial score (nSPS) is 12.5. The van der Waals surface area contributed by atoms with Crippen LogP contribution in [-0.2, 0) is 9.47 Å². The molecule has 2 N–H and O–H groups in total. The van der Waals surface area contributed by atoms with Crippen molar-refractivity contribution in [3.8, 4) is 0 Å². The van der Waals surface area contributed by atoms with Crippen LogP contribution in [0.4, 0.5) is 0 Å². The SMILES string of the molecule is CCOC(CC(C)(C)CN)OCC. The van der Waals surface area contributed by atoms with Crippen molar-refractivity contribution in [1.82, 2.24) is 0 Å². The van der Waals surface area contributed by atoms with Gasteiger partial charge in [-0.2, -0.15) is 0 Å². The van der Waals surface area contributed by atoms with Crippen LogP contribution >= 0.6 is 0 Å². The van der Waals surface area contributed by atoms with Gasteiger partial charge in [-0.1, -0.05) is 13.8 Å². The first-order valence-electron chi connectivity index (χ1n) is 4.99. The van der Waals surface area contributed by atoms with E-state index >= 15 is 0 Å². The van der Waals surface area contributed by atoms with Crippen LogP contribution in [0.2, 0.25) is 0 Å². The van der Waals surface area contributed by atoms with E-state index in [1.165, 1.54) is 0 Å². The van der Waals surface area contributed by atoms with Crippen LogP contribution < -0.4 is 5.73 Å². The largest absolute Gasteiger partial charge is 0.353 e. The predicted octanol–water partition coefficient (Wildman–Crippen LogP) is 1.76. The summed E-state index contributed by atoms with van der Waals surface area (Å²) in [7, 11) is 0. The third-order valence-electron chi connectivity index (χ3n) is 1.98. The number of hydrogen-bond acceptors (Lipinski definition) is 3. The number of rotatable bonds is 7. The van der Waals surface area contributed by atoms with Gasteiger partial charge in [-0.3, -0.25) is 0 Å². The maximum Gasteiger partial charge on any atom is 0.158 e. The lowest BCUT2D eigenvalue weighted by Gasteiger charge is -2.27. The molecule has 0 rings (SSSR count). The second-order valence-electron chi connectivity index (χ2n) is 3.91. The first-order chi connectivity index (χ1) is 6.05. The van der Waals surface area contributed by atoms with Crippen LogP contribution in [0.15, 0.2) is 0 Å². The Kier molecular flexibility index (Phi) is 6.29. The minimum atomic E-state index is -0.103. The van der Waals surface area contributed by atoms with Gasteiger partial charge in [-0.15, -0.1) is 0 Å². The zero-order valence-electron chi connectivity index (χ0n) is 9.30. The molecular formula is C10H23NO2. The van der Waals surface area contributed by atoms with E-state index in [9.17, 15) is 0 Å². The van der Waals surface area contributed by atoms with Gasteiger partial charge < -0.3 is 15.2 Å². The lowest BCUT2D eigenvalue weighted by atomic mass is 9.89. The first-order valence-corrected chi connectivity index (χ1v) is 4.99. The molecule has 0 aromatic carbocycles. The number of ether oxygens (including phenoxy) is 2. The summed E-state index contributed by atoms with van der Waals surface area (Å²) in [5.74, 6) is 0. The van der Waals surface area contributed by atoms with Gasteiger partial charge in [0.15, 0.2) is 6.29 Å². The fraction of sp³-hybridized carbons (Fsp3) is 1.00. The Hall–Kier alpha value is -0.120. The smallest absolute Gasteiger partial charge is 0.158 e. The molecule has 0 atom stereocenters. The van der Waals surface area contributed by atoms with Crippen molar-refractivity contribution in [3.05, 3.63) is 0 Å². The second-order valence-corrected chi connectivity index (χ2v) is 3.91. The van der Waals surface area contributed by atoms with Crippen LogP contribution in [0, 0.1) is 5.41 Å². The molecule has 0 aromatic heterocycles. The zero-order chi connectivity index (χ0) is 10.3. The Labute approximate surface area is 81.6 Å². The molecule has 80 valence electrons. The monoisotopic (exact) mass is 189 g/mol. The van der Waals surface area contributed by atoms with Gasteiger partial charge in [0.05, 0.1) is 0 Å². The summed E-state index contributed by atoms with van der Waals surface area (Å²) in [5.41, 5.74) is 5.73. The molecule has 0 fully saturated rings. The van der Waals surface area contributed by atoms with Gasteiger partial charge in [0.1, 0.15) is 0 Å². The highest BCUT2D eigenvalue weighted by Gasteiger charge is 2.22. The van der Waals surface area contributed by atoms with E-state index in [1.54, 1.807) is 0 Å². The lowest BCUT2D eigenvalue weighted by molar-refractivity contribution is -0.152. The van der Waals surface area contributed by atoms with E-state index in [-0.39, 0.29) is 11.7 Å². The molecule has 0 saturated carbocycles. The molecule has 3 heteroatoms. The van der Waals surface area contributed by atoms with Crippen LogP contribution in [0.3, 0.4) is 0 Å². The molecule has 13 heavy (non-hydrogen) atoms. The number of nitrogens with two attached hydrogens (primary N) is 1. The summed E-state index contributed by atoms with van der Waals surface area (Å²) in [6, 6.07) is 0. The molecule has 0 bridgehead atoms. The van der Waals surface area contributed by atoms with E-state index in [4.69, 9.17) is 15.2 Å². The van der Waals surface area contributed by atoms with Gasteiger partial charge in [0.2, 0.25) is 0 Å². The first kappa shape index (κ1) is 12.9. The average molecular weight is 189 g/mol.